The minimum Gasteiger partial charge on any atom is -0.382 e. The Morgan fingerprint density at radius 2 is 2.04 bits per heavy atom. The predicted molar refractivity (Wildman–Crippen MR) is 95.9 cm³/mol. The highest BCUT2D eigenvalue weighted by atomic mass is 35.5. The van der Waals surface area contributed by atoms with Crippen LogP contribution in [-0.4, -0.2) is 47.7 Å². The number of likely N-dealkylation sites (tertiary alicyclic amines) is 1. The molecule has 1 aromatic rings. The van der Waals surface area contributed by atoms with Gasteiger partial charge in [-0.05, 0) is 31.9 Å². The lowest BCUT2D eigenvalue weighted by molar-refractivity contribution is -0.138. The van der Waals surface area contributed by atoms with Gasteiger partial charge in [0.15, 0.2) is 0 Å². The molecule has 1 fully saturated rings. The molecule has 2 aliphatic heterocycles. The number of rotatable bonds is 4. The van der Waals surface area contributed by atoms with Gasteiger partial charge in [-0.2, -0.15) is 0 Å². The van der Waals surface area contributed by atoms with E-state index < -0.39 is 12.1 Å². The first kappa shape index (κ1) is 18.0. The lowest BCUT2D eigenvalue weighted by atomic mass is 10.0. The maximum Gasteiger partial charge on any atom is 0.264 e. The molecule has 0 aromatic heterocycles. The molecule has 6 nitrogen and oxygen atoms in total. The Labute approximate surface area is 156 Å². The highest BCUT2D eigenvalue weighted by Gasteiger charge is 2.32. The molecule has 1 N–H and O–H groups in total. The average Bonchev–Trinajstić information content (AvgIpc) is 3.26. The number of amides is 2. The number of hydrogen-bond acceptors (Lipinski definition) is 4. The van der Waals surface area contributed by atoms with Gasteiger partial charge in [0.1, 0.15) is 6.04 Å². The summed E-state index contributed by atoms with van der Waals surface area (Å²) in [6, 6.07) is 4.48. The van der Waals surface area contributed by atoms with Crippen molar-refractivity contribution in [2.75, 3.05) is 13.1 Å². The van der Waals surface area contributed by atoms with Crippen LogP contribution in [0.4, 0.5) is 0 Å². The van der Waals surface area contributed by atoms with E-state index in [9.17, 15) is 9.59 Å². The predicted octanol–water partition coefficient (Wildman–Crippen LogP) is 2.61. The van der Waals surface area contributed by atoms with E-state index in [0.29, 0.717) is 21.3 Å². The summed E-state index contributed by atoms with van der Waals surface area (Å²) in [5.74, 6) is -0.422. The zero-order chi connectivity index (χ0) is 18.0. The second-order valence-corrected chi connectivity index (χ2v) is 7.07. The molecule has 0 radical (unpaired) electrons. The van der Waals surface area contributed by atoms with Gasteiger partial charge >= 0.3 is 0 Å². The number of nitrogens with one attached hydrogen (secondary N) is 1. The summed E-state index contributed by atoms with van der Waals surface area (Å²) in [6.45, 7) is 3.19. The van der Waals surface area contributed by atoms with E-state index >= 15 is 0 Å². The minimum absolute atomic E-state index is 0.0641. The van der Waals surface area contributed by atoms with Crippen LogP contribution in [0.1, 0.15) is 31.7 Å². The number of oxime groups is 1. The van der Waals surface area contributed by atoms with Crippen molar-refractivity contribution in [1.82, 2.24) is 10.2 Å². The van der Waals surface area contributed by atoms with Gasteiger partial charge in [0.2, 0.25) is 12.0 Å². The molecule has 0 spiro atoms. The molecule has 2 aliphatic rings. The van der Waals surface area contributed by atoms with Crippen molar-refractivity contribution >= 4 is 40.7 Å². The fraction of sp³-hybridized carbons (Fsp3) is 0.471. The number of carbonyl (C=O) groups excluding carboxylic acids is 2. The third-order valence-corrected chi connectivity index (χ3v) is 4.90. The summed E-state index contributed by atoms with van der Waals surface area (Å²) in [7, 11) is 0. The first-order valence-corrected chi connectivity index (χ1v) is 8.98. The van der Waals surface area contributed by atoms with E-state index in [-0.39, 0.29) is 18.2 Å². The van der Waals surface area contributed by atoms with Crippen molar-refractivity contribution in [2.45, 2.75) is 38.3 Å². The standard InChI is InChI=1S/C17H19Cl2N3O3/c1-10(17(24)22-6-2-3-7-22)20-16(23)15-9-14(21-25-15)12-5-4-11(18)8-13(12)19/h4-5,8,10,15H,2-3,6-7,9H2,1H3,(H,20,23)/t10-,15+/m1/s1. The minimum atomic E-state index is -0.768. The first-order chi connectivity index (χ1) is 12.0. The van der Waals surface area contributed by atoms with E-state index in [4.69, 9.17) is 28.0 Å². The van der Waals surface area contributed by atoms with Crippen molar-refractivity contribution in [3.8, 4) is 0 Å². The summed E-state index contributed by atoms with van der Waals surface area (Å²) in [4.78, 5) is 31.6. The number of nitrogens with zero attached hydrogens (tertiary/aromatic N) is 2. The van der Waals surface area contributed by atoms with Gasteiger partial charge in [-0.3, -0.25) is 9.59 Å². The smallest absolute Gasteiger partial charge is 0.264 e. The molecule has 25 heavy (non-hydrogen) atoms. The van der Waals surface area contributed by atoms with E-state index in [0.717, 1.165) is 25.9 Å². The SMILES string of the molecule is C[C@@H](NC(=O)[C@@H]1CC(c2ccc(Cl)cc2Cl)=NO1)C(=O)N1CCCC1. The molecule has 134 valence electrons. The Morgan fingerprint density at radius 3 is 2.72 bits per heavy atom. The second kappa shape index (κ2) is 7.62. The largest absolute Gasteiger partial charge is 0.382 e. The van der Waals surface area contributed by atoms with Crippen LogP contribution in [0.3, 0.4) is 0 Å². The van der Waals surface area contributed by atoms with Crippen LogP contribution < -0.4 is 5.32 Å². The van der Waals surface area contributed by atoms with Crippen molar-refractivity contribution in [3.63, 3.8) is 0 Å². The Bertz CT molecular complexity index is 717. The zero-order valence-corrected chi connectivity index (χ0v) is 15.3. The lowest BCUT2D eigenvalue weighted by Crippen LogP contribution is -2.48. The van der Waals surface area contributed by atoms with Gasteiger partial charge in [0.05, 0.1) is 10.7 Å². The molecule has 0 unspecified atom stereocenters. The average molecular weight is 384 g/mol. The van der Waals surface area contributed by atoms with Crippen LogP contribution in [0.5, 0.6) is 0 Å². The van der Waals surface area contributed by atoms with E-state index in [1.54, 1.807) is 30.0 Å². The molecule has 1 saturated heterocycles. The Hall–Kier alpha value is -1.79. The maximum absolute atomic E-state index is 12.4. The number of hydrogen-bond donors (Lipinski definition) is 1. The number of halogens is 2. The van der Waals surface area contributed by atoms with Crippen molar-refractivity contribution < 1.29 is 14.4 Å². The van der Waals surface area contributed by atoms with E-state index in [1.807, 2.05) is 0 Å². The molecule has 2 atom stereocenters. The molecular weight excluding hydrogens is 365 g/mol. The van der Waals surface area contributed by atoms with Crippen LogP contribution in [0, 0.1) is 0 Å². The summed E-state index contributed by atoms with van der Waals surface area (Å²) in [5, 5.41) is 7.65. The van der Waals surface area contributed by atoms with E-state index in [2.05, 4.69) is 10.5 Å². The molecule has 0 bridgehead atoms. The van der Waals surface area contributed by atoms with Gasteiger partial charge < -0.3 is 15.1 Å². The molecule has 0 saturated carbocycles. The van der Waals surface area contributed by atoms with Crippen molar-refractivity contribution in [1.29, 1.82) is 0 Å². The molecule has 3 rings (SSSR count). The third-order valence-electron chi connectivity index (χ3n) is 4.35. The topological polar surface area (TPSA) is 71.0 Å². The number of benzene rings is 1. The van der Waals surface area contributed by atoms with Crippen LogP contribution in [-0.2, 0) is 14.4 Å². The van der Waals surface area contributed by atoms with Gasteiger partial charge in [-0.1, -0.05) is 34.4 Å². The molecule has 1 aromatic carbocycles. The maximum atomic E-state index is 12.4. The molecule has 2 amide bonds. The lowest BCUT2D eigenvalue weighted by Gasteiger charge is -2.21. The molecular formula is C17H19Cl2N3O3. The zero-order valence-electron chi connectivity index (χ0n) is 13.8. The monoisotopic (exact) mass is 383 g/mol. The highest BCUT2D eigenvalue weighted by Crippen LogP contribution is 2.26. The third kappa shape index (κ3) is 4.07. The quantitative estimate of drug-likeness (QED) is 0.868. The Morgan fingerprint density at radius 1 is 1.32 bits per heavy atom. The van der Waals surface area contributed by atoms with Crippen LogP contribution >= 0.6 is 23.2 Å². The Balaban J connectivity index is 1.57. The summed E-state index contributed by atoms with van der Waals surface area (Å²) in [5.41, 5.74) is 1.27. The second-order valence-electron chi connectivity index (χ2n) is 6.22. The first-order valence-electron chi connectivity index (χ1n) is 8.23. The van der Waals surface area contributed by atoms with Crippen molar-refractivity contribution in [2.24, 2.45) is 5.16 Å². The molecule has 2 heterocycles. The summed E-state index contributed by atoms with van der Waals surface area (Å²) in [6.07, 6.45) is 1.54. The summed E-state index contributed by atoms with van der Waals surface area (Å²) < 4.78 is 0. The fourth-order valence-corrected chi connectivity index (χ4v) is 3.50. The fourth-order valence-electron chi connectivity index (χ4n) is 2.98. The van der Waals surface area contributed by atoms with Gasteiger partial charge in [0.25, 0.3) is 5.91 Å². The Kier molecular flexibility index (Phi) is 5.49. The van der Waals surface area contributed by atoms with Crippen LogP contribution in [0.2, 0.25) is 10.0 Å². The van der Waals surface area contributed by atoms with Crippen LogP contribution in [0.15, 0.2) is 23.4 Å². The van der Waals surface area contributed by atoms with Gasteiger partial charge in [0, 0.05) is 30.1 Å². The molecule has 8 heteroatoms. The van der Waals surface area contributed by atoms with Gasteiger partial charge in [-0.15, -0.1) is 0 Å². The van der Waals surface area contributed by atoms with Crippen LogP contribution in [0.25, 0.3) is 0 Å². The van der Waals surface area contributed by atoms with E-state index in [1.165, 1.54) is 0 Å². The summed E-state index contributed by atoms with van der Waals surface area (Å²) >= 11 is 12.1. The van der Waals surface area contributed by atoms with Crippen molar-refractivity contribution in [3.05, 3.63) is 33.8 Å². The molecule has 0 aliphatic carbocycles. The van der Waals surface area contributed by atoms with Gasteiger partial charge in [-0.25, -0.2) is 0 Å². The number of carbonyl (C=O) groups is 2. The normalized spacial score (nSPS) is 20.8. The highest BCUT2D eigenvalue weighted by molar-refractivity contribution is 6.37.